The molecule has 0 aliphatic rings. The summed E-state index contributed by atoms with van der Waals surface area (Å²) in [5.74, 6) is 0. The van der Waals surface area contributed by atoms with E-state index in [0.29, 0.717) is 0 Å². The first-order valence-electron chi connectivity index (χ1n) is 13.3. The van der Waals surface area contributed by atoms with Gasteiger partial charge in [0.2, 0.25) is 0 Å². The maximum absolute atomic E-state index is 2.47. The zero-order valence-corrected chi connectivity index (χ0v) is 27.5. The van der Waals surface area contributed by atoms with Gasteiger partial charge in [-0.25, -0.2) is 12.1 Å². The molecule has 0 bridgehead atoms. The van der Waals surface area contributed by atoms with Gasteiger partial charge in [-0.2, -0.15) is 23.3 Å². The van der Waals surface area contributed by atoms with Crippen LogP contribution in [0.15, 0.2) is 54.6 Å². The van der Waals surface area contributed by atoms with Crippen molar-refractivity contribution in [1.29, 1.82) is 0 Å². The minimum absolute atomic E-state index is 0. The number of rotatable bonds is 14. The van der Waals surface area contributed by atoms with E-state index in [1.807, 2.05) is 0 Å². The van der Waals surface area contributed by atoms with Crippen molar-refractivity contribution in [2.24, 2.45) is 0 Å². The summed E-state index contributed by atoms with van der Waals surface area (Å²) in [6.45, 7) is 9.03. The average molecular weight is 613 g/mol. The molecular weight excluding hydrogens is 565 g/mol. The Bertz CT molecular complexity index is 809. The topological polar surface area (TPSA) is 0 Å². The van der Waals surface area contributed by atoms with Crippen LogP contribution in [-0.2, 0) is 32.6 Å². The van der Waals surface area contributed by atoms with Gasteiger partial charge >= 0.3 is 26.2 Å². The van der Waals surface area contributed by atoms with Gasteiger partial charge in [0.05, 0.1) is 0 Å². The third-order valence-electron chi connectivity index (χ3n) is 6.48. The molecule has 0 unspecified atom stereocenters. The van der Waals surface area contributed by atoms with Crippen molar-refractivity contribution < 1.29 is 51.0 Å². The average Bonchev–Trinajstić information content (AvgIpc) is 3.42. The fourth-order valence-electron chi connectivity index (χ4n) is 4.34. The molecule has 0 saturated heterocycles. The molecule has 0 amide bonds. The molecule has 0 radical (unpaired) electrons. The number of benzene rings is 1. The van der Waals surface area contributed by atoms with Gasteiger partial charge in [0.1, 0.15) is 0 Å². The molecule has 0 nitrogen and oxygen atoms in total. The minimum atomic E-state index is 0. The van der Waals surface area contributed by atoms with E-state index in [-0.39, 0.29) is 58.9 Å². The normalized spacial score (nSPS) is 10.2. The molecule has 3 aromatic rings. The van der Waals surface area contributed by atoms with E-state index in [4.69, 9.17) is 0 Å². The van der Waals surface area contributed by atoms with Gasteiger partial charge in [0.25, 0.3) is 0 Å². The van der Waals surface area contributed by atoms with E-state index in [1.54, 1.807) is 5.30 Å². The molecule has 3 aromatic carbocycles. The zero-order valence-electron chi connectivity index (χ0n) is 22.6. The van der Waals surface area contributed by atoms with Crippen LogP contribution in [0.3, 0.4) is 0 Å². The van der Waals surface area contributed by atoms with Crippen LogP contribution >= 0.6 is 7.92 Å². The second-order valence-corrected chi connectivity index (χ2v) is 11.8. The molecule has 35 heavy (non-hydrogen) atoms. The molecule has 194 valence electrons. The van der Waals surface area contributed by atoms with Crippen LogP contribution in [0.4, 0.5) is 0 Å². The quantitative estimate of drug-likeness (QED) is 0.147. The van der Waals surface area contributed by atoms with Crippen LogP contribution < -0.4 is 30.1 Å². The summed E-state index contributed by atoms with van der Waals surface area (Å²) in [5.41, 5.74) is 2.98. The summed E-state index contributed by atoms with van der Waals surface area (Å²) < 4.78 is 0. The van der Waals surface area contributed by atoms with Crippen molar-refractivity contribution >= 4 is 24.0 Å². The number of fused-ring (bicyclic) bond motifs is 1. The first kappa shape index (κ1) is 37.2. The summed E-state index contributed by atoms with van der Waals surface area (Å²) >= 11 is 0. The summed E-state index contributed by atoms with van der Waals surface area (Å²) in [6.07, 6.45) is 18.0. The van der Waals surface area contributed by atoms with E-state index >= 15 is 0 Å². The summed E-state index contributed by atoms with van der Waals surface area (Å²) in [5, 5.41) is 4.53. The molecule has 0 spiro atoms. The zero-order chi connectivity index (χ0) is 23.0. The van der Waals surface area contributed by atoms with Gasteiger partial charge in [-0.15, -0.1) is 40.3 Å². The van der Waals surface area contributed by atoms with Gasteiger partial charge in [-0.1, -0.05) is 99.5 Å². The van der Waals surface area contributed by atoms with Crippen molar-refractivity contribution in [1.82, 2.24) is 0 Å². The van der Waals surface area contributed by atoms with E-state index in [1.165, 1.54) is 105 Å². The predicted molar refractivity (Wildman–Crippen MR) is 149 cm³/mol. The summed E-state index contributed by atoms with van der Waals surface area (Å²) in [6, 6.07) is 20.4. The molecule has 4 heteroatoms. The number of hydrogen-bond donors (Lipinski definition) is 0. The minimum Gasteiger partial charge on any atom is -1.00 e. The van der Waals surface area contributed by atoms with Crippen LogP contribution in [0, 0.1) is 6.92 Å². The number of hydrogen-bond acceptors (Lipinski definition) is 0. The molecule has 0 atom stereocenters. The fraction of sp³-hybridized carbons (Fsp3) is 0.548. The Labute approximate surface area is 249 Å². The summed E-state index contributed by atoms with van der Waals surface area (Å²) in [4.78, 5) is 0. The van der Waals surface area contributed by atoms with Gasteiger partial charge in [0, 0.05) is 0 Å². The second kappa shape index (κ2) is 23.2. The van der Waals surface area contributed by atoms with Gasteiger partial charge in [-0.3, -0.25) is 0 Å². The Hall–Kier alpha value is 0.0731. The van der Waals surface area contributed by atoms with Crippen LogP contribution in [0.2, 0.25) is 0 Å². The number of halogens is 2. The molecule has 0 fully saturated rings. The Morgan fingerprint density at radius 3 is 1.86 bits per heavy atom. The Morgan fingerprint density at radius 2 is 1.34 bits per heavy atom. The van der Waals surface area contributed by atoms with E-state index < -0.39 is 0 Å². The third-order valence-corrected chi connectivity index (χ3v) is 9.18. The predicted octanol–water partition coefficient (Wildman–Crippen LogP) is 3.89. The van der Waals surface area contributed by atoms with Crippen molar-refractivity contribution in [3.63, 3.8) is 0 Å². The first-order chi connectivity index (χ1) is 15.7. The molecule has 0 heterocycles. The smallest absolute Gasteiger partial charge is 1.00 e. The third kappa shape index (κ3) is 14.6. The Balaban J connectivity index is 0. The Morgan fingerprint density at radius 1 is 0.743 bits per heavy atom. The fourth-order valence-corrected chi connectivity index (χ4v) is 6.93. The molecule has 0 aliphatic carbocycles. The first-order valence-corrected chi connectivity index (χ1v) is 15.0. The van der Waals surface area contributed by atoms with E-state index in [2.05, 4.69) is 82.3 Å². The monoisotopic (exact) mass is 610 g/mol. The van der Waals surface area contributed by atoms with Gasteiger partial charge < -0.3 is 24.8 Å². The van der Waals surface area contributed by atoms with Crippen LogP contribution in [0.5, 0.6) is 0 Å². The van der Waals surface area contributed by atoms with E-state index in [0.717, 1.165) is 0 Å². The summed E-state index contributed by atoms with van der Waals surface area (Å²) in [7, 11) is 0.0642. The molecule has 3 rings (SSSR count). The maximum Gasteiger partial charge on any atom is 4.00 e. The SMILES string of the molecule is CCCCCCP(CCCCCC)c1cc2ccccc2[cH-]1.CCCC[c-]1cccc1C.[Cl-].[Cl-].[Zr+4]. The van der Waals surface area contributed by atoms with Crippen molar-refractivity contribution in [2.45, 2.75) is 98.3 Å². The maximum atomic E-state index is 2.47. The van der Waals surface area contributed by atoms with Gasteiger partial charge in [-0.05, 0) is 25.2 Å². The van der Waals surface area contributed by atoms with Crippen molar-refractivity contribution in [2.75, 3.05) is 12.3 Å². The van der Waals surface area contributed by atoms with Crippen LogP contribution in [-0.4, -0.2) is 12.3 Å². The molecule has 0 saturated carbocycles. The molecule has 0 aliphatic heterocycles. The van der Waals surface area contributed by atoms with Crippen molar-refractivity contribution in [3.05, 3.63) is 65.7 Å². The largest absolute Gasteiger partial charge is 4.00 e. The van der Waals surface area contributed by atoms with Crippen molar-refractivity contribution in [3.8, 4) is 0 Å². The standard InChI is InChI=1S/C21H32P.C10H15.2ClH.Zr/c1-3-5-7-11-15-22(16-12-8-6-4-2)21-17-19-13-9-10-14-20(19)18-21;1-3-4-7-10-8-5-6-9(10)2;;;/h9-10,13-14,17-18H,3-8,11-12,15-16H2,1-2H3;5-6,8H,3-4,7H2,1-2H3;2*1H;/q2*-1;;;+4/p-2. The number of unbranched alkanes of at least 4 members (excludes halogenated alkanes) is 7. The molecular formula is C31H47Cl2PZr. The van der Waals surface area contributed by atoms with Crippen LogP contribution in [0.1, 0.15) is 96.1 Å². The van der Waals surface area contributed by atoms with Gasteiger partial charge in [0.15, 0.2) is 0 Å². The van der Waals surface area contributed by atoms with E-state index in [9.17, 15) is 0 Å². The molecule has 0 aromatic heterocycles. The molecule has 0 N–H and O–H groups in total. The second-order valence-electron chi connectivity index (χ2n) is 9.29. The van der Waals surface area contributed by atoms with Crippen LogP contribution in [0.25, 0.3) is 10.8 Å². The number of aryl methyl sites for hydroxylation is 2. The Kier molecular flexibility index (Phi) is 24.7.